The Morgan fingerprint density at radius 1 is 1.37 bits per heavy atom. The summed E-state index contributed by atoms with van der Waals surface area (Å²) in [4.78, 5) is 4.07. The fourth-order valence-corrected chi connectivity index (χ4v) is 2.42. The fraction of sp³-hybridized carbons (Fsp3) is 0.154. The van der Waals surface area contributed by atoms with Gasteiger partial charge in [0.15, 0.2) is 0 Å². The lowest BCUT2D eigenvalue weighted by molar-refractivity contribution is 0.510. The van der Waals surface area contributed by atoms with Crippen LogP contribution >= 0.6 is 27.5 Å². The van der Waals surface area contributed by atoms with Gasteiger partial charge in [0.05, 0.1) is 6.04 Å². The van der Waals surface area contributed by atoms with E-state index in [9.17, 15) is 4.39 Å². The van der Waals surface area contributed by atoms with E-state index in [0.717, 1.165) is 10.0 Å². The summed E-state index contributed by atoms with van der Waals surface area (Å²) in [5, 5.41) is 0.362. The normalized spacial score (nSPS) is 12.4. The average molecular weight is 345 g/mol. The van der Waals surface area contributed by atoms with Gasteiger partial charge in [0.1, 0.15) is 5.82 Å². The van der Waals surface area contributed by atoms with Gasteiger partial charge in [0.25, 0.3) is 0 Å². The second-order valence-corrected chi connectivity index (χ2v) is 5.45. The number of pyridine rings is 1. The maximum Gasteiger partial charge on any atom is 0.129 e. The predicted octanol–water partition coefficient (Wildman–Crippen LogP) is 3.38. The Kier molecular flexibility index (Phi) is 4.87. The third kappa shape index (κ3) is 3.73. The van der Waals surface area contributed by atoms with Gasteiger partial charge in [-0.05, 0) is 46.1 Å². The Balaban J connectivity index is 2.25. The molecule has 2 rings (SSSR count). The summed E-state index contributed by atoms with van der Waals surface area (Å²) in [5.74, 6) is 5.14. The minimum atomic E-state index is -0.376. The zero-order valence-corrected chi connectivity index (χ0v) is 12.2. The summed E-state index contributed by atoms with van der Waals surface area (Å²) in [7, 11) is 0. The van der Waals surface area contributed by atoms with Crippen molar-refractivity contribution < 1.29 is 4.39 Å². The molecule has 0 aliphatic carbocycles. The SMILES string of the molecule is NNC(Cc1cncc(Br)c1)c1ccc(Cl)cc1F. The smallest absolute Gasteiger partial charge is 0.129 e. The molecular formula is C13H12BrClFN3. The molecule has 3 N–H and O–H groups in total. The van der Waals surface area contributed by atoms with E-state index in [1.807, 2.05) is 6.07 Å². The molecule has 0 radical (unpaired) electrons. The number of nitrogens with one attached hydrogen (secondary N) is 1. The van der Waals surface area contributed by atoms with Gasteiger partial charge in [0.2, 0.25) is 0 Å². The van der Waals surface area contributed by atoms with Gasteiger partial charge in [-0.25, -0.2) is 4.39 Å². The standard InChI is InChI=1S/C13H12BrClFN3/c14-9-3-8(6-18-7-9)4-13(19-17)11-2-1-10(15)5-12(11)16/h1-3,5-7,13,19H,4,17H2. The molecule has 0 bridgehead atoms. The highest BCUT2D eigenvalue weighted by Gasteiger charge is 2.15. The monoisotopic (exact) mass is 343 g/mol. The number of halogens is 3. The van der Waals surface area contributed by atoms with Crippen LogP contribution in [-0.2, 0) is 6.42 Å². The molecular weight excluding hydrogens is 333 g/mol. The van der Waals surface area contributed by atoms with Gasteiger partial charge in [0, 0.05) is 27.5 Å². The highest BCUT2D eigenvalue weighted by Crippen LogP contribution is 2.24. The minimum Gasteiger partial charge on any atom is -0.271 e. The maximum atomic E-state index is 13.9. The van der Waals surface area contributed by atoms with Gasteiger partial charge in [-0.1, -0.05) is 17.7 Å². The molecule has 0 aliphatic heterocycles. The molecule has 3 nitrogen and oxygen atoms in total. The highest BCUT2D eigenvalue weighted by atomic mass is 79.9. The number of rotatable bonds is 4. The third-order valence-electron chi connectivity index (χ3n) is 2.74. The summed E-state index contributed by atoms with van der Waals surface area (Å²) in [5.41, 5.74) is 4.05. The fourth-order valence-electron chi connectivity index (χ4n) is 1.85. The second-order valence-electron chi connectivity index (χ2n) is 4.10. The van der Waals surface area contributed by atoms with E-state index >= 15 is 0 Å². The highest BCUT2D eigenvalue weighted by molar-refractivity contribution is 9.10. The summed E-state index contributed by atoms with van der Waals surface area (Å²) in [6, 6.07) is 6.14. The predicted molar refractivity (Wildman–Crippen MR) is 77.1 cm³/mol. The van der Waals surface area contributed by atoms with Crippen LogP contribution in [0.15, 0.2) is 41.1 Å². The van der Waals surface area contributed by atoms with Crippen LogP contribution in [0.5, 0.6) is 0 Å². The molecule has 1 heterocycles. The number of nitrogens with two attached hydrogens (primary N) is 1. The molecule has 0 saturated heterocycles. The number of benzene rings is 1. The van der Waals surface area contributed by atoms with Crippen LogP contribution in [0.25, 0.3) is 0 Å². The van der Waals surface area contributed by atoms with Gasteiger partial charge < -0.3 is 0 Å². The van der Waals surface area contributed by atoms with E-state index in [-0.39, 0.29) is 11.9 Å². The van der Waals surface area contributed by atoms with E-state index in [4.69, 9.17) is 17.4 Å². The van der Waals surface area contributed by atoms with Crippen LogP contribution in [0.4, 0.5) is 4.39 Å². The Morgan fingerprint density at radius 3 is 2.79 bits per heavy atom. The Morgan fingerprint density at radius 2 is 2.16 bits per heavy atom. The first-order valence-corrected chi connectivity index (χ1v) is 6.77. The molecule has 100 valence electrons. The first kappa shape index (κ1) is 14.4. The zero-order chi connectivity index (χ0) is 13.8. The zero-order valence-electron chi connectivity index (χ0n) is 9.91. The molecule has 1 atom stereocenters. The van der Waals surface area contributed by atoms with Crippen molar-refractivity contribution in [2.45, 2.75) is 12.5 Å². The van der Waals surface area contributed by atoms with Crippen molar-refractivity contribution >= 4 is 27.5 Å². The Bertz CT molecular complexity index is 580. The van der Waals surface area contributed by atoms with Crippen molar-refractivity contribution in [2.75, 3.05) is 0 Å². The van der Waals surface area contributed by atoms with Crippen LogP contribution in [0.2, 0.25) is 5.02 Å². The van der Waals surface area contributed by atoms with E-state index in [1.165, 1.54) is 6.07 Å². The molecule has 1 aromatic carbocycles. The molecule has 0 amide bonds. The number of hydrogen-bond donors (Lipinski definition) is 2. The van der Waals surface area contributed by atoms with Crippen molar-refractivity contribution in [1.82, 2.24) is 10.4 Å². The van der Waals surface area contributed by atoms with Gasteiger partial charge in [-0.3, -0.25) is 16.3 Å². The van der Waals surface area contributed by atoms with E-state index in [1.54, 1.807) is 24.5 Å². The summed E-state index contributed by atoms with van der Waals surface area (Å²) in [6.45, 7) is 0. The molecule has 2 aromatic rings. The molecule has 1 aromatic heterocycles. The first-order valence-electron chi connectivity index (χ1n) is 5.60. The van der Waals surface area contributed by atoms with E-state index in [2.05, 4.69) is 26.3 Å². The summed E-state index contributed by atoms with van der Waals surface area (Å²) >= 11 is 9.09. The summed E-state index contributed by atoms with van der Waals surface area (Å²) < 4.78 is 14.7. The van der Waals surface area contributed by atoms with Crippen LogP contribution < -0.4 is 11.3 Å². The van der Waals surface area contributed by atoms with Gasteiger partial charge in [-0.2, -0.15) is 0 Å². The molecule has 19 heavy (non-hydrogen) atoms. The number of nitrogens with zero attached hydrogens (tertiary/aromatic N) is 1. The minimum absolute atomic E-state index is 0.339. The lowest BCUT2D eigenvalue weighted by Gasteiger charge is -2.17. The lowest BCUT2D eigenvalue weighted by Crippen LogP contribution is -2.30. The maximum absolute atomic E-state index is 13.9. The van der Waals surface area contributed by atoms with Crippen LogP contribution in [0.3, 0.4) is 0 Å². The number of hydrazine groups is 1. The third-order valence-corrected chi connectivity index (χ3v) is 3.41. The Labute approximate surface area is 124 Å². The quantitative estimate of drug-likeness (QED) is 0.660. The van der Waals surface area contributed by atoms with Crippen LogP contribution in [0.1, 0.15) is 17.2 Å². The van der Waals surface area contributed by atoms with Crippen molar-refractivity contribution in [1.29, 1.82) is 0 Å². The first-order chi connectivity index (χ1) is 9.10. The molecule has 0 spiro atoms. The van der Waals surface area contributed by atoms with Crippen molar-refractivity contribution in [3.05, 3.63) is 63.1 Å². The average Bonchev–Trinajstić information content (AvgIpc) is 2.37. The molecule has 0 fully saturated rings. The van der Waals surface area contributed by atoms with Gasteiger partial charge >= 0.3 is 0 Å². The van der Waals surface area contributed by atoms with Gasteiger partial charge in [-0.15, -0.1) is 0 Å². The molecule has 0 saturated carbocycles. The molecule has 1 unspecified atom stereocenters. The van der Waals surface area contributed by atoms with Crippen molar-refractivity contribution in [2.24, 2.45) is 5.84 Å². The largest absolute Gasteiger partial charge is 0.271 e. The van der Waals surface area contributed by atoms with E-state index in [0.29, 0.717) is 17.0 Å². The Hall–Kier alpha value is -1.01. The van der Waals surface area contributed by atoms with E-state index < -0.39 is 0 Å². The second kappa shape index (κ2) is 6.43. The molecule has 0 aliphatic rings. The molecule has 6 heteroatoms. The van der Waals surface area contributed by atoms with Crippen molar-refractivity contribution in [3.63, 3.8) is 0 Å². The van der Waals surface area contributed by atoms with Crippen molar-refractivity contribution in [3.8, 4) is 0 Å². The number of hydrogen-bond acceptors (Lipinski definition) is 3. The lowest BCUT2D eigenvalue weighted by atomic mass is 10.00. The summed E-state index contributed by atoms with van der Waals surface area (Å²) in [6.07, 6.45) is 3.95. The topological polar surface area (TPSA) is 50.9 Å². The number of aromatic nitrogens is 1. The van der Waals surface area contributed by atoms with Crippen LogP contribution in [-0.4, -0.2) is 4.98 Å². The van der Waals surface area contributed by atoms with Crippen LogP contribution in [0, 0.1) is 5.82 Å².